The molecule has 0 fully saturated rings. The van der Waals surface area contributed by atoms with E-state index in [4.69, 9.17) is 4.74 Å². The molecule has 0 saturated heterocycles. The van der Waals surface area contributed by atoms with E-state index in [2.05, 4.69) is 112 Å². The minimum Gasteiger partial charge on any atom is -0.257 e. The Bertz CT molecular complexity index is 1250. The lowest BCUT2D eigenvalue weighted by molar-refractivity contribution is 0.786. The quantitative estimate of drug-likeness (QED) is 0.312. The van der Waals surface area contributed by atoms with Gasteiger partial charge in [-0.05, 0) is 27.7 Å². The molecule has 28 heavy (non-hydrogen) atoms. The Morgan fingerprint density at radius 1 is 0.679 bits per heavy atom. The molecule has 0 N–H and O–H groups in total. The lowest BCUT2D eigenvalue weighted by Gasteiger charge is -2.41. The van der Waals surface area contributed by atoms with Gasteiger partial charge in [0.2, 0.25) is 0 Å². The maximum atomic E-state index is 5.62. The highest BCUT2D eigenvalue weighted by Crippen LogP contribution is 2.65. The van der Waals surface area contributed by atoms with Crippen LogP contribution in [0.3, 0.4) is 0 Å². The molecule has 138 valence electrons. The number of hydrogen-bond acceptors (Lipinski definition) is 1. The van der Waals surface area contributed by atoms with E-state index in [9.17, 15) is 0 Å². The SMILES string of the molecule is CC(C)(C)P1(c2ccccc2)=Nc2ccc3ccccc3c2-c2ccccc21. The molecule has 0 aliphatic carbocycles. The van der Waals surface area contributed by atoms with Crippen LogP contribution in [0.4, 0.5) is 5.69 Å². The van der Waals surface area contributed by atoms with Crippen LogP contribution in [0.1, 0.15) is 20.8 Å². The molecule has 1 heterocycles. The molecule has 1 unspecified atom stereocenters. The zero-order chi connectivity index (χ0) is 19.4. The van der Waals surface area contributed by atoms with Gasteiger partial charge >= 0.3 is 0 Å². The smallest absolute Gasteiger partial charge is 0.0706 e. The Morgan fingerprint density at radius 2 is 1.36 bits per heavy atom. The summed E-state index contributed by atoms with van der Waals surface area (Å²) >= 11 is 0. The van der Waals surface area contributed by atoms with Gasteiger partial charge in [0.05, 0.1) is 5.69 Å². The van der Waals surface area contributed by atoms with Crippen molar-refractivity contribution in [2.45, 2.75) is 25.9 Å². The topological polar surface area (TPSA) is 12.4 Å². The fourth-order valence-electron chi connectivity index (χ4n) is 4.55. The van der Waals surface area contributed by atoms with Gasteiger partial charge in [0.1, 0.15) is 0 Å². The predicted molar refractivity (Wildman–Crippen MR) is 124 cm³/mol. The largest absolute Gasteiger partial charge is 0.257 e. The van der Waals surface area contributed by atoms with Crippen molar-refractivity contribution in [1.29, 1.82) is 0 Å². The first kappa shape index (κ1) is 17.5. The standard InChI is InChI=1S/C26H24NP/c1-26(2,3)28(20-12-5-4-6-13-20)24-16-10-9-15-22(24)25-21-14-8-7-11-19(21)17-18-23(25)27-28/h4-18H,1-3H3. The van der Waals surface area contributed by atoms with Crippen LogP contribution < -0.4 is 10.6 Å². The summed E-state index contributed by atoms with van der Waals surface area (Å²) in [7, 11) is -2.00. The summed E-state index contributed by atoms with van der Waals surface area (Å²) in [6.45, 7) is 7.04. The maximum Gasteiger partial charge on any atom is 0.0706 e. The number of benzene rings is 4. The Hall–Kier alpha value is -2.63. The van der Waals surface area contributed by atoms with Gasteiger partial charge in [-0.15, -0.1) is 0 Å². The van der Waals surface area contributed by atoms with E-state index < -0.39 is 7.05 Å². The van der Waals surface area contributed by atoms with Crippen LogP contribution >= 0.6 is 7.05 Å². The molecule has 4 aromatic rings. The van der Waals surface area contributed by atoms with Crippen LogP contribution in [0.15, 0.2) is 95.7 Å². The van der Waals surface area contributed by atoms with Crippen LogP contribution in [-0.2, 0) is 0 Å². The second kappa shape index (κ2) is 6.19. The number of hydrogen-bond donors (Lipinski definition) is 0. The molecule has 0 radical (unpaired) electrons. The van der Waals surface area contributed by atoms with E-state index in [0.29, 0.717) is 0 Å². The Kier molecular flexibility index (Phi) is 3.86. The van der Waals surface area contributed by atoms with Crippen molar-refractivity contribution in [1.82, 2.24) is 0 Å². The Balaban J connectivity index is 2.01. The van der Waals surface area contributed by atoms with Crippen LogP contribution in [0.2, 0.25) is 0 Å². The van der Waals surface area contributed by atoms with E-state index in [0.717, 1.165) is 5.69 Å². The van der Waals surface area contributed by atoms with Crippen molar-refractivity contribution in [2.24, 2.45) is 4.74 Å². The van der Waals surface area contributed by atoms with E-state index in [1.54, 1.807) is 0 Å². The Morgan fingerprint density at radius 3 is 2.14 bits per heavy atom. The van der Waals surface area contributed by atoms with E-state index >= 15 is 0 Å². The van der Waals surface area contributed by atoms with Gasteiger partial charge in [0.15, 0.2) is 0 Å². The molecule has 0 aromatic heterocycles. The van der Waals surface area contributed by atoms with Crippen LogP contribution in [0, 0.1) is 0 Å². The Labute approximate surface area is 167 Å². The van der Waals surface area contributed by atoms with Crippen LogP contribution in [-0.4, -0.2) is 5.16 Å². The van der Waals surface area contributed by atoms with Gasteiger partial charge in [-0.25, -0.2) is 0 Å². The molecular formula is C26H24NP. The molecule has 1 aliphatic heterocycles. The van der Waals surface area contributed by atoms with E-state index in [1.165, 1.54) is 32.5 Å². The fourth-order valence-corrected chi connectivity index (χ4v) is 8.78. The van der Waals surface area contributed by atoms with Gasteiger partial charge < -0.3 is 0 Å². The summed E-state index contributed by atoms with van der Waals surface area (Å²) < 4.78 is 5.62. The summed E-state index contributed by atoms with van der Waals surface area (Å²) in [6, 6.07) is 33.0. The lowest BCUT2D eigenvalue weighted by Crippen LogP contribution is -2.32. The maximum absolute atomic E-state index is 5.62. The van der Waals surface area contributed by atoms with Crippen LogP contribution in [0.5, 0.6) is 0 Å². The molecule has 5 rings (SSSR count). The van der Waals surface area contributed by atoms with Gasteiger partial charge in [-0.3, -0.25) is 4.74 Å². The number of rotatable bonds is 1. The summed E-state index contributed by atoms with van der Waals surface area (Å²) in [4.78, 5) is 0. The highest BCUT2D eigenvalue weighted by molar-refractivity contribution is 7.82. The van der Waals surface area contributed by atoms with Gasteiger partial charge in [-0.2, -0.15) is 0 Å². The van der Waals surface area contributed by atoms with Crippen LogP contribution in [0.25, 0.3) is 21.9 Å². The predicted octanol–water partition coefficient (Wildman–Crippen LogP) is 7.10. The zero-order valence-corrected chi connectivity index (χ0v) is 17.4. The first-order valence-corrected chi connectivity index (χ1v) is 11.6. The molecule has 4 aromatic carbocycles. The molecule has 0 amide bonds. The third-order valence-corrected chi connectivity index (χ3v) is 10.4. The normalized spacial score (nSPS) is 18.2. The minimum absolute atomic E-state index is 0.0216. The average Bonchev–Trinajstić information content (AvgIpc) is 2.72. The molecule has 1 nitrogen and oxygen atoms in total. The monoisotopic (exact) mass is 381 g/mol. The first-order valence-electron chi connectivity index (χ1n) is 9.82. The van der Waals surface area contributed by atoms with Crippen molar-refractivity contribution in [2.75, 3.05) is 0 Å². The highest BCUT2D eigenvalue weighted by Gasteiger charge is 2.41. The summed E-state index contributed by atoms with van der Waals surface area (Å²) in [5, 5.41) is 5.34. The summed E-state index contributed by atoms with van der Waals surface area (Å²) in [5.74, 6) is 0. The zero-order valence-electron chi connectivity index (χ0n) is 16.6. The van der Waals surface area contributed by atoms with Crippen molar-refractivity contribution >= 4 is 34.1 Å². The van der Waals surface area contributed by atoms with Crippen molar-refractivity contribution < 1.29 is 0 Å². The van der Waals surface area contributed by atoms with E-state index in [1.807, 2.05) is 0 Å². The second-order valence-electron chi connectivity index (χ2n) is 8.44. The highest BCUT2D eigenvalue weighted by atomic mass is 31.2. The van der Waals surface area contributed by atoms with Crippen molar-refractivity contribution in [3.05, 3.63) is 91.0 Å². The number of fused-ring (bicyclic) bond motifs is 5. The van der Waals surface area contributed by atoms with Gasteiger partial charge in [-0.1, -0.05) is 106 Å². The third kappa shape index (κ3) is 2.36. The second-order valence-corrected chi connectivity index (χ2v) is 12.3. The van der Waals surface area contributed by atoms with Gasteiger partial charge in [0.25, 0.3) is 0 Å². The average molecular weight is 381 g/mol. The van der Waals surface area contributed by atoms with Crippen molar-refractivity contribution in [3.63, 3.8) is 0 Å². The summed E-state index contributed by atoms with van der Waals surface area (Å²) in [6.07, 6.45) is 0. The third-order valence-electron chi connectivity index (χ3n) is 5.79. The molecule has 0 saturated carbocycles. The fraction of sp³-hybridized carbons (Fsp3) is 0.154. The molecule has 0 spiro atoms. The molecular weight excluding hydrogens is 357 g/mol. The minimum atomic E-state index is -2.00. The lowest BCUT2D eigenvalue weighted by atomic mass is 9.96. The summed E-state index contributed by atoms with van der Waals surface area (Å²) in [5.41, 5.74) is 3.76. The van der Waals surface area contributed by atoms with E-state index in [-0.39, 0.29) is 5.16 Å². The van der Waals surface area contributed by atoms with Gasteiger partial charge in [0, 0.05) is 23.1 Å². The molecule has 1 aliphatic rings. The molecule has 2 heteroatoms. The molecule has 0 bridgehead atoms. The first-order chi connectivity index (χ1) is 13.5. The molecule has 1 atom stereocenters. The van der Waals surface area contributed by atoms with Crippen molar-refractivity contribution in [3.8, 4) is 11.1 Å². The number of nitrogens with zero attached hydrogens (tertiary/aromatic N) is 1.